The van der Waals surface area contributed by atoms with Crippen molar-refractivity contribution in [2.24, 2.45) is 0 Å². The number of fused-ring (bicyclic) bond motifs is 1. The van der Waals surface area contributed by atoms with Crippen LogP contribution in [0.2, 0.25) is 0 Å². The number of carbonyl (C=O) groups is 1. The number of carbonyl (C=O) groups excluding carboxylic acids is 1. The summed E-state index contributed by atoms with van der Waals surface area (Å²) < 4.78 is 18.8. The van der Waals surface area contributed by atoms with Crippen molar-refractivity contribution in [1.82, 2.24) is 15.3 Å². The number of aryl methyl sites for hydroxylation is 1. The monoisotopic (exact) mass is 414 g/mol. The van der Waals surface area contributed by atoms with E-state index in [0.717, 1.165) is 41.5 Å². The van der Waals surface area contributed by atoms with Crippen LogP contribution in [0.4, 0.5) is 15.9 Å². The van der Waals surface area contributed by atoms with Gasteiger partial charge in [-0.3, -0.25) is 4.79 Å². The molecule has 6 nitrogen and oxygen atoms in total. The molecule has 152 valence electrons. The summed E-state index contributed by atoms with van der Waals surface area (Å²) in [6.45, 7) is 1.91. The van der Waals surface area contributed by atoms with Crippen molar-refractivity contribution < 1.29 is 13.9 Å². The molecule has 2 heterocycles. The Kier molecular flexibility index (Phi) is 5.62. The molecule has 2 N–H and O–H groups in total. The van der Waals surface area contributed by atoms with Crippen LogP contribution in [0.15, 0.2) is 24.5 Å². The van der Waals surface area contributed by atoms with Gasteiger partial charge in [-0.2, -0.15) is 0 Å². The second-order valence-electron chi connectivity index (χ2n) is 7.24. The second-order valence-corrected chi connectivity index (χ2v) is 8.24. The first-order chi connectivity index (χ1) is 14.1. The number of hydrogen-bond donors (Lipinski definition) is 2. The van der Waals surface area contributed by atoms with Gasteiger partial charge < -0.3 is 15.4 Å². The molecule has 29 heavy (non-hydrogen) atoms. The van der Waals surface area contributed by atoms with Crippen molar-refractivity contribution in [2.45, 2.75) is 45.1 Å². The number of nitrogens with zero attached hydrogens (tertiary/aromatic N) is 2. The fraction of sp³-hybridized carbons (Fsp3) is 0.381. The predicted octanol–water partition coefficient (Wildman–Crippen LogP) is 4.95. The maximum atomic E-state index is 13.5. The number of aromatic nitrogens is 2. The molecular weight excluding hydrogens is 391 g/mol. The number of ether oxygens (including phenoxy) is 1. The van der Waals surface area contributed by atoms with E-state index in [2.05, 4.69) is 20.6 Å². The van der Waals surface area contributed by atoms with E-state index in [0.29, 0.717) is 22.1 Å². The number of benzene rings is 1. The summed E-state index contributed by atoms with van der Waals surface area (Å²) in [4.78, 5) is 23.0. The van der Waals surface area contributed by atoms with E-state index < -0.39 is 0 Å². The maximum Gasteiger partial charge on any atom is 0.261 e. The van der Waals surface area contributed by atoms with Crippen LogP contribution in [-0.4, -0.2) is 29.0 Å². The van der Waals surface area contributed by atoms with Crippen molar-refractivity contribution >= 4 is 39.0 Å². The molecule has 0 radical (unpaired) electrons. The Bertz CT molecular complexity index is 1050. The number of halogens is 1. The highest BCUT2D eigenvalue weighted by atomic mass is 32.1. The van der Waals surface area contributed by atoms with Gasteiger partial charge in [0.05, 0.1) is 23.1 Å². The molecule has 1 aromatic carbocycles. The summed E-state index contributed by atoms with van der Waals surface area (Å²) in [5.41, 5.74) is 1.43. The maximum absolute atomic E-state index is 13.5. The number of rotatable bonds is 5. The molecule has 0 saturated heterocycles. The normalized spacial score (nSPS) is 14.7. The van der Waals surface area contributed by atoms with Gasteiger partial charge in [0.1, 0.15) is 28.5 Å². The molecule has 0 atom stereocenters. The summed E-state index contributed by atoms with van der Waals surface area (Å²) in [5, 5.41) is 7.16. The lowest BCUT2D eigenvalue weighted by Gasteiger charge is -2.22. The molecule has 2 aromatic heterocycles. The summed E-state index contributed by atoms with van der Waals surface area (Å²) in [6.07, 6.45) is 7.09. The molecule has 4 rings (SSSR count). The highest BCUT2D eigenvalue weighted by Crippen LogP contribution is 2.36. The molecule has 0 spiro atoms. The zero-order valence-electron chi connectivity index (χ0n) is 16.4. The van der Waals surface area contributed by atoms with Crippen LogP contribution in [0.1, 0.15) is 47.3 Å². The average molecular weight is 415 g/mol. The Morgan fingerprint density at radius 2 is 2.03 bits per heavy atom. The Labute approximate surface area is 172 Å². The van der Waals surface area contributed by atoms with Gasteiger partial charge in [0.2, 0.25) is 0 Å². The third kappa shape index (κ3) is 4.03. The van der Waals surface area contributed by atoms with E-state index in [1.54, 1.807) is 6.07 Å². The summed E-state index contributed by atoms with van der Waals surface area (Å²) in [7, 11) is 1.49. The fourth-order valence-corrected chi connectivity index (χ4v) is 4.83. The minimum Gasteiger partial charge on any atom is -0.494 e. The quantitative estimate of drug-likeness (QED) is 0.618. The standard InChI is InChI=1S/C21H23FN4O2S/c1-12-17-19(26-15-9-8-13(22)10-16(15)28-2)23-11-24-21(17)29-18(12)20(27)25-14-6-4-3-5-7-14/h8-11,14H,3-7H2,1-2H3,(H,25,27)(H,23,24,26). The minimum absolute atomic E-state index is 0.0530. The van der Waals surface area contributed by atoms with Crippen LogP contribution in [0.3, 0.4) is 0 Å². The topological polar surface area (TPSA) is 76.1 Å². The van der Waals surface area contributed by atoms with Gasteiger partial charge in [-0.25, -0.2) is 14.4 Å². The Balaban J connectivity index is 1.65. The van der Waals surface area contributed by atoms with Crippen molar-refractivity contribution in [1.29, 1.82) is 0 Å². The SMILES string of the molecule is COc1cc(F)ccc1Nc1ncnc2sc(C(=O)NC3CCCCC3)c(C)c12. The summed E-state index contributed by atoms with van der Waals surface area (Å²) >= 11 is 1.36. The van der Waals surface area contributed by atoms with E-state index in [1.807, 2.05) is 6.92 Å². The third-order valence-corrected chi connectivity index (χ3v) is 6.49. The Morgan fingerprint density at radius 1 is 1.24 bits per heavy atom. The van der Waals surface area contributed by atoms with Gasteiger partial charge in [0.15, 0.2) is 0 Å². The van der Waals surface area contributed by atoms with Gasteiger partial charge >= 0.3 is 0 Å². The predicted molar refractivity (Wildman–Crippen MR) is 113 cm³/mol. The third-order valence-electron chi connectivity index (χ3n) is 5.29. The first kappa shape index (κ1) is 19.6. The zero-order chi connectivity index (χ0) is 20.4. The molecule has 1 saturated carbocycles. The molecule has 1 aliphatic carbocycles. The zero-order valence-corrected chi connectivity index (χ0v) is 17.2. The minimum atomic E-state index is -0.381. The van der Waals surface area contributed by atoms with Gasteiger partial charge in [-0.05, 0) is 37.5 Å². The van der Waals surface area contributed by atoms with E-state index in [-0.39, 0.29) is 17.8 Å². The first-order valence-electron chi connectivity index (χ1n) is 9.72. The molecule has 1 amide bonds. The van der Waals surface area contributed by atoms with Crippen LogP contribution >= 0.6 is 11.3 Å². The van der Waals surface area contributed by atoms with E-state index in [4.69, 9.17) is 4.74 Å². The molecule has 0 unspecified atom stereocenters. The average Bonchev–Trinajstić information content (AvgIpc) is 3.08. The van der Waals surface area contributed by atoms with Crippen LogP contribution in [0.5, 0.6) is 5.75 Å². The molecule has 8 heteroatoms. The van der Waals surface area contributed by atoms with Crippen molar-refractivity contribution in [3.63, 3.8) is 0 Å². The lowest BCUT2D eigenvalue weighted by molar-refractivity contribution is 0.0931. The summed E-state index contributed by atoms with van der Waals surface area (Å²) in [5.74, 6) is 0.501. The van der Waals surface area contributed by atoms with Crippen molar-refractivity contribution in [3.8, 4) is 5.75 Å². The number of nitrogens with one attached hydrogen (secondary N) is 2. The molecule has 3 aromatic rings. The smallest absolute Gasteiger partial charge is 0.261 e. The van der Waals surface area contributed by atoms with Gasteiger partial charge in [0, 0.05) is 12.1 Å². The van der Waals surface area contributed by atoms with Crippen LogP contribution in [0.25, 0.3) is 10.2 Å². The van der Waals surface area contributed by atoms with Crippen molar-refractivity contribution in [2.75, 3.05) is 12.4 Å². The fourth-order valence-electron chi connectivity index (χ4n) is 3.78. The number of methoxy groups -OCH3 is 1. The highest BCUT2D eigenvalue weighted by Gasteiger charge is 2.23. The molecule has 1 fully saturated rings. The molecule has 0 bridgehead atoms. The molecular formula is C21H23FN4O2S. The Hall–Kier alpha value is -2.74. The van der Waals surface area contributed by atoms with Crippen LogP contribution in [-0.2, 0) is 0 Å². The Morgan fingerprint density at radius 3 is 2.79 bits per heavy atom. The van der Waals surface area contributed by atoms with Gasteiger partial charge in [0.25, 0.3) is 5.91 Å². The number of amides is 1. The van der Waals surface area contributed by atoms with Crippen LogP contribution in [0, 0.1) is 12.7 Å². The van der Waals surface area contributed by atoms with Crippen LogP contribution < -0.4 is 15.4 Å². The number of hydrogen-bond acceptors (Lipinski definition) is 6. The number of thiophene rings is 1. The van der Waals surface area contributed by atoms with Gasteiger partial charge in [-0.1, -0.05) is 19.3 Å². The van der Waals surface area contributed by atoms with Gasteiger partial charge in [-0.15, -0.1) is 11.3 Å². The second kappa shape index (κ2) is 8.32. The van der Waals surface area contributed by atoms with E-state index in [9.17, 15) is 9.18 Å². The lowest BCUT2D eigenvalue weighted by atomic mass is 9.95. The van der Waals surface area contributed by atoms with E-state index >= 15 is 0 Å². The highest BCUT2D eigenvalue weighted by molar-refractivity contribution is 7.20. The first-order valence-corrected chi connectivity index (χ1v) is 10.5. The van der Waals surface area contributed by atoms with Crippen molar-refractivity contribution in [3.05, 3.63) is 40.8 Å². The molecule has 0 aliphatic heterocycles. The largest absolute Gasteiger partial charge is 0.494 e. The van der Waals surface area contributed by atoms with E-state index in [1.165, 1.54) is 43.3 Å². The number of anilines is 2. The summed E-state index contributed by atoms with van der Waals surface area (Å²) in [6, 6.07) is 4.50. The lowest BCUT2D eigenvalue weighted by Crippen LogP contribution is -2.36. The molecule has 1 aliphatic rings.